The fraction of sp³-hybridized carbons (Fsp3) is 1.00. The molecule has 70 valence electrons. The molecule has 0 amide bonds. The molecule has 1 unspecified atom stereocenters. The van der Waals surface area contributed by atoms with Crippen molar-refractivity contribution in [1.29, 1.82) is 0 Å². The van der Waals surface area contributed by atoms with Crippen LogP contribution in [0.25, 0.3) is 0 Å². The molecule has 12 heavy (non-hydrogen) atoms. The van der Waals surface area contributed by atoms with Crippen LogP contribution in [0.2, 0.25) is 0 Å². The van der Waals surface area contributed by atoms with Crippen molar-refractivity contribution in [3.05, 3.63) is 0 Å². The van der Waals surface area contributed by atoms with Crippen LogP contribution in [0.5, 0.6) is 0 Å². The van der Waals surface area contributed by atoms with Gasteiger partial charge in [-0.05, 0) is 12.8 Å². The second-order valence-electron chi connectivity index (χ2n) is 3.32. The number of halogens is 3. The van der Waals surface area contributed by atoms with Gasteiger partial charge in [-0.25, -0.2) is 10.0 Å². The van der Waals surface area contributed by atoms with Crippen molar-refractivity contribution in [3.63, 3.8) is 0 Å². The normalized spacial score (nSPS) is 32.8. The minimum absolute atomic E-state index is 0.264. The fourth-order valence-corrected chi connectivity index (χ4v) is 1.60. The summed E-state index contributed by atoms with van der Waals surface area (Å²) in [5.74, 6) is 0. The summed E-state index contributed by atoms with van der Waals surface area (Å²) in [5.41, 5.74) is 0. The van der Waals surface area contributed by atoms with Gasteiger partial charge in [-0.15, -0.1) is 0 Å². The Kier molecular flexibility index (Phi) is 1.80. The van der Waals surface area contributed by atoms with Gasteiger partial charge in [-0.1, -0.05) is 0 Å². The SMILES string of the molecule is FC(F)(F)C1CCN1N1CCC1. The Morgan fingerprint density at radius 1 is 1.08 bits per heavy atom. The Bertz CT molecular complexity index is 176. The molecule has 2 aliphatic heterocycles. The first-order valence-corrected chi connectivity index (χ1v) is 4.17. The molecule has 0 aromatic heterocycles. The molecular weight excluding hydrogens is 169 g/mol. The highest BCUT2D eigenvalue weighted by Gasteiger charge is 2.51. The summed E-state index contributed by atoms with van der Waals surface area (Å²) in [6, 6.07) is -1.20. The molecule has 0 aromatic rings. The van der Waals surface area contributed by atoms with Crippen LogP contribution in [0.4, 0.5) is 13.2 Å². The van der Waals surface area contributed by atoms with E-state index in [0.717, 1.165) is 19.5 Å². The summed E-state index contributed by atoms with van der Waals surface area (Å²) in [5, 5.41) is 3.24. The molecule has 0 aromatic carbocycles. The summed E-state index contributed by atoms with van der Waals surface area (Å²) in [7, 11) is 0. The first-order chi connectivity index (χ1) is 5.59. The first kappa shape index (κ1) is 8.31. The zero-order valence-corrected chi connectivity index (χ0v) is 6.64. The predicted molar refractivity (Wildman–Crippen MR) is 37.4 cm³/mol. The van der Waals surface area contributed by atoms with Crippen LogP contribution in [-0.2, 0) is 0 Å². The fourth-order valence-electron chi connectivity index (χ4n) is 1.60. The molecule has 2 saturated heterocycles. The minimum Gasteiger partial charge on any atom is -0.241 e. The van der Waals surface area contributed by atoms with Gasteiger partial charge in [0.15, 0.2) is 0 Å². The molecular formula is C7H11F3N2. The van der Waals surface area contributed by atoms with E-state index in [2.05, 4.69) is 0 Å². The van der Waals surface area contributed by atoms with Crippen LogP contribution in [0, 0.1) is 0 Å². The quantitative estimate of drug-likeness (QED) is 0.599. The summed E-state index contributed by atoms with van der Waals surface area (Å²) in [6.45, 7) is 2.17. The van der Waals surface area contributed by atoms with E-state index < -0.39 is 12.2 Å². The third kappa shape index (κ3) is 1.21. The second-order valence-corrected chi connectivity index (χ2v) is 3.32. The van der Waals surface area contributed by atoms with Crippen molar-refractivity contribution in [2.75, 3.05) is 19.6 Å². The Morgan fingerprint density at radius 2 is 1.75 bits per heavy atom. The lowest BCUT2D eigenvalue weighted by atomic mass is 10.0. The molecule has 2 nitrogen and oxygen atoms in total. The molecule has 0 N–H and O–H groups in total. The molecule has 0 bridgehead atoms. The molecule has 0 aliphatic carbocycles. The van der Waals surface area contributed by atoms with Crippen LogP contribution in [-0.4, -0.2) is 41.9 Å². The minimum atomic E-state index is -4.03. The lowest BCUT2D eigenvalue weighted by Gasteiger charge is -2.51. The predicted octanol–water partition coefficient (Wildman–Crippen LogP) is 1.24. The molecule has 0 radical (unpaired) electrons. The van der Waals surface area contributed by atoms with Gasteiger partial charge in [0.1, 0.15) is 6.04 Å². The highest BCUT2D eigenvalue weighted by Crippen LogP contribution is 2.35. The molecule has 2 aliphatic rings. The number of rotatable bonds is 1. The van der Waals surface area contributed by atoms with Crippen LogP contribution in [0.3, 0.4) is 0 Å². The van der Waals surface area contributed by atoms with Crippen LogP contribution in [0.15, 0.2) is 0 Å². The monoisotopic (exact) mass is 180 g/mol. The Balaban J connectivity index is 1.92. The summed E-state index contributed by atoms with van der Waals surface area (Å²) in [4.78, 5) is 0. The van der Waals surface area contributed by atoms with Gasteiger partial charge in [0.2, 0.25) is 0 Å². The molecule has 2 fully saturated rings. The van der Waals surface area contributed by atoms with E-state index in [9.17, 15) is 13.2 Å². The number of hydrazine groups is 1. The Morgan fingerprint density at radius 3 is 2.00 bits per heavy atom. The van der Waals surface area contributed by atoms with E-state index in [1.807, 2.05) is 0 Å². The highest BCUT2D eigenvalue weighted by atomic mass is 19.4. The molecule has 2 rings (SSSR count). The third-order valence-corrected chi connectivity index (χ3v) is 2.57. The van der Waals surface area contributed by atoms with Gasteiger partial charge in [0, 0.05) is 19.6 Å². The molecule has 1 atom stereocenters. The van der Waals surface area contributed by atoms with E-state index in [4.69, 9.17) is 0 Å². The molecule has 5 heteroatoms. The topological polar surface area (TPSA) is 6.48 Å². The van der Waals surface area contributed by atoms with Crippen molar-refractivity contribution >= 4 is 0 Å². The zero-order valence-electron chi connectivity index (χ0n) is 6.64. The smallest absolute Gasteiger partial charge is 0.241 e. The standard InChI is InChI=1S/C7H11F3N2/c8-7(9,10)6-2-5-12(6)11-3-1-4-11/h6H,1-5H2. The van der Waals surface area contributed by atoms with Crippen molar-refractivity contribution < 1.29 is 13.2 Å². The number of hydrogen-bond donors (Lipinski definition) is 0. The van der Waals surface area contributed by atoms with Gasteiger partial charge >= 0.3 is 6.18 Å². The second kappa shape index (κ2) is 2.60. The maximum atomic E-state index is 12.2. The van der Waals surface area contributed by atoms with Crippen LogP contribution in [0.1, 0.15) is 12.8 Å². The average Bonchev–Trinajstić information content (AvgIpc) is 1.69. The maximum absolute atomic E-state index is 12.2. The lowest BCUT2D eigenvalue weighted by molar-refractivity contribution is -0.270. The summed E-state index contributed by atoms with van der Waals surface area (Å²) in [6.07, 6.45) is -2.74. The van der Waals surface area contributed by atoms with E-state index in [0.29, 0.717) is 6.54 Å². The van der Waals surface area contributed by atoms with Gasteiger partial charge in [-0.3, -0.25) is 0 Å². The molecule has 0 spiro atoms. The number of hydrogen-bond acceptors (Lipinski definition) is 2. The largest absolute Gasteiger partial charge is 0.405 e. The van der Waals surface area contributed by atoms with Crippen molar-refractivity contribution in [1.82, 2.24) is 10.0 Å². The molecule has 0 saturated carbocycles. The Hall–Kier alpha value is -0.290. The summed E-state index contributed by atoms with van der Waals surface area (Å²) >= 11 is 0. The lowest BCUT2D eigenvalue weighted by Crippen LogP contribution is -2.65. The van der Waals surface area contributed by atoms with E-state index >= 15 is 0 Å². The van der Waals surface area contributed by atoms with Crippen molar-refractivity contribution in [2.45, 2.75) is 25.1 Å². The number of nitrogens with zero attached hydrogens (tertiary/aromatic N) is 2. The summed E-state index contributed by atoms with van der Waals surface area (Å²) < 4.78 is 36.6. The van der Waals surface area contributed by atoms with Crippen molar-refractivity contribution in [2.24, 2.45) is 0 Å². The van der Waals surface area contributed by atoms with E-state index in [1.165, 1.54) is 5.01 Å². The van der Waals surface area contributed by atoms with Crippen LogP contribution < -0.4 is 0 Å². The van der Waals surface area contributed by atoms with E-state index in [1.54, 1.807) is 5.01 Å². The molecule has 2 heterocycles. The van der Waals surface area contributed by atoms with Gasteiger partial charge in [0.05, 0.1) is 0 Å². The van der Waals surface area contributed by atoms with Gasteiger partial charge in [0.25, 0.3) is 0 Å². The maximum Gasteiger partial charge on any atom is 0.405 e. The highest BCUT2D eigenvalue weighted by molar-refractivity contribution is 4.88. The van der Waals surface area contributed by atoms with Gasteiger partial charge < -0.3 is 0 Å². The van der Waals surface area contributed by atoms with E-state index in [-0.39, 0.29) is 6.42 Å². The third-order valence-electron chi connectivity index (χ3n) is 2.57. The zero-order chi connectivity index (χ0) is 8.77. The van der Waals surface area contributed by atoms with Gasteiger partial charge in [-0.2, -0.15) is 13.2 Å². The average molecular weight is 180 g/mol. The Labute approximate surface area is 68.9 Å². The first-order valence-electron chi connectivity index (χ1n) is 4.17. The van der Waals surface area contributed by atoms with Crippen LogP contribution >= 0.6 is 0 Å². The number of alkyl halides is 3. The van der Waals surface area contributed by atoms with Crippen molar-refractivity contribution in [3.8, 4) is 0 Å².